The summed E-state index contributed by atoms with van der Waals surface area (Å²) in [6, 6.07) is 8.59. The van der Waals surface area contributed by atoms with E-state index in [1.54, 1.807) is 0 Å². The van der Waals surface area contributed by atoms with Gasteiger partial charge < -0.3 is 6.15 Å². The van der Waals surface area contributed by atoms with Crippen LogP contribution in [-0.4, -0.2) is 5.38 Å². The van der Waals surface area contributed by atoms with Crippen LogP contribution in [0.2, 0.25) is 0 Å². The molecule has 0 aromatic heterocycles. The van der Waals surface area contributed by atoms with Gasteiger partial charge in [-0.1, -0.05) is 24.3 Å². The molecule has 1 aliphatic carbocycles. The molecule has 0 saturated heterocycles. The molecule has 0 saturated carbocycles. The Morgan fingerprint density at radius 3 is 2.46 bits per heavy atom. The Hall–Kier alpha value is -0.240. The summed E-state index contributed by atoms with van der Waals surface area (Å²) in [5.74, 6) is 0. The fraction of sp³-hybridized carbons (Fsp3) is 0.400. The van der Waals surface area contributed by atoms with Gasteiger partial charge in [0.25, 0.3) is 0 Å². The van der Waals surface area contributed by atoms with Gasteiger partial charge in [-0.2, -0.15) is 0 Å². The molecular weight excluding hydrogens is 205 g/mol. The number of fused-ring (bicyclic) bond motifs is 1. The first-order valence-corrected chi connectivity index (χ1v) is 4.51. The van der Waals surface area contributed by atoms with Crippen LogP contribution in [0.3, 0.4) is 0 Å². The number of benzene rings is 1. The third kappa shape index (κ3) is 2.87. The number of aryl methyl sites for hydroxylation is 1. The number of rotatable bonds is 0. The number of alkyl halides is 1. The second kappa shape index (κ2) is 5.48. The first kappa shape index (κ1) is 12.8. The lowest BCUT2D eigenvalue weighted by molar-refractivity contribution is 0.694. The molecule has 1 aromatic carbocycles. The van der Waals surface area contributed by atoms with Gasteiger partial charge in [-0.15, -0.1) is 24.0 Å². The third-order valence-corrected chi connectivity index (χ3v) is 2.66. The molecule has 2 rings (SSSR count). The minimum atomic E-state index is 0. The van der Waals surface area contributed by atoms with E-state index in [1.807, 2.05) is 0 Å². The molecule has 1 aromatic rings. The molecule has 0 fully saturated rings. The highest BCUT2D eigenvalue weighted by molar-refractivity contribution is 6.20. The van der Waals surface area contributed by atoms with Crippen molar-refractivity contribution in [3.05, 3.63) is 35.4 Å². The zero-order chi connectivity index (χ0) is 7.68. The first-order valence-electron chi connectivity index (χ1n) is 4.07. The molecular formula is C10H15Cl2N. The van der Waals surface area contributed by atoms with Crippen molar-refractivity contribution in [2.45, 2.75) is 24.6 Å². The Morgan fingerprint density at radius 1 is 1.15 bits per heavy atom. The number of halogens is 2. The van der Waals surface area contributed by atoms with Crippen LogP contribution in [0, 0.1) is 0 Å². The Labute approximate surface area is 90.5 Å². The highest BCUT2D eigenvalue weighted by Gasteiger charge is 2.14. The number of hydrogen-bond donors (Lipinski definition) is 1. The molecule has 13 heavy (non-hydrogen) atoms. The average Bonchev–Trinajstić information content (AvgIpc) is 2.04. The Bertz CT molecular complexity index is 263. The van der Waals surface area contributed by atoms with Crippen LogP contribution in [0.15, 0.2) is 24.3 Å². The summed E-state index contributed by atoms with van der Waals surface area (Å²) in [5, 5.41) is 0.366. The van der Waals surface area contributed by atoms with Crippen molar-refractivity contribution in [1.29, 1.82) is 0 Å². The zero-order valence-electron chi connectivity index (χ0n) is 7.50. The normalized spacial score (nSPS) is 19.3. The van der Waals surface area contributed by atoms with Crippen molar-refractivity contribution >= 4 is 24.0 Å². The standard InChI is InChI=1S/C10H11Cl.ClH.H3N/c11-10-6-5-8-3-1-2-4-9(8)7-10;;/h1-4,10H,5-7H2;1H;1H3. The summed E-state index contributed by atoms with van der Waals surface area (Å²) in [6.07, 6.45) is 3.35. The largest absolute Gasteiger partial charge is 0.344 e. The van der Waals surface area contributed by atoms with E-state index in [2.05, 4.69) is 24.3 Å². The maximum absolute atomic E-state index is 6.04. The van der Waals surface area contributed by atoms with Gasteiger partial charge in [-0.05, 0) is 30.4 Å². The molecule has 1 nitrogen and oxygen atoms in total. The monoisotopic (exact) mass is 219 g/mol. The summed E-state index contributed by atoms with van der Waals surface area (Å²) in [4.78, 5) is 0. The molecule has 3 heteroatoms. The highest BCUT2D eigenvalue weighted by atomic mass is 35.5. The minimum absolute atomic E-state index is 0. The van der Waals surface area contributed by atoms with Crippen LogP contribution in [-0.2, 0) is 12.8 Å². The maximum atomic E-state index is 6.04. The molecule has 1 atom stereocenters. The lowest BCUT2D eigenvalue weighted by Crippen LogP contribution is -2.13. The maximum Gasteiger partial charge on any atom is 0.0379 e. The smallest absolute Gasteiger partial charge is 0.0379 e. The second-order valence-electron chi connectivity index (χ2n) is 3.11. The van der Waals surface area contributed by atoms with Gasteiger partial charge in [0.1, 0.15) is 0 Å². The number of hydrogen-bond acceptors (Lipinski definition) is 1. The summed E-state index contributed by atoms with van der Waals surface area (Å²) in [7, 11) is 0. The summed E-state index contributed by atoms with van der Waals surface area (Å²) in [6.45, 7) is 0. The van der Waals surface area contributed by atoms with Crippen LogP contribution < -0.4 is 6.15 Å². The van der Waals surface area contributed by atoms with Gasteiger partial charge in [-0.3, -0.25) is 0 Å². The SMILES string of the molecule is Cl.ClC1CCc2ccccc2C1.N. The molecule has 0 amide bonds. The van der Waals surface area contributed by atoms with Gasteiger partial charge >= 0.3 is 0 Å². The highest BCUT2D eigenvalue weighted by Crippen LogP contribution is 2.23. The van der Waals surface area contributed by atoms with Gasteiger partial charge in [0.2, 0.25) is 0 Å². The van der Waals surface area contributed by atoms with E-state index in [4.69, 9.17) is 11.6 Å². The van der Waals surface area contributed by atoms with E-state index < -0.39 is 0 Å². The zero-order valence-corrected chi connectivity index (χ0v) is 9.07. The van der Waals surface area contributed by atoms with Crippen molar-refractivity contribution < 1.29 is 0 Å². The lowest BCUT2D eigenvalue weighted by Gasteiger charge is -2.19. The molecule has 0 aliphatic heterocycles. The van der Waals surface area contributed by atoms with Gasteiger partial charge in [0.05, 0.1) is 0 Å². The first-order chi connectivity index (χ1) is 5.36. The van der Waals surface area contributed by atoms with E-state index in [0.717, 1.165) is 19.3 Å². The van der Waals surface area contributed by atoms with Crippen molar-refractivity contribution in [2.75, 3.05) is 0 Å². The molecule has 0 bridgehead atoms. The van der Waals surface area contributed by atoms with E-state index in [-0.39, 0.29) is 18.6 Å². The van der Waals surface area contributed by atoms with E-state index in [9.17, 15) is 0 Å². The Balaban J connectivity index is 0.000000720. The van der Waals surface area contributed by atoms with Crippen LogP contribution in [0.5, 0.6) is 0 Å². The average molecular weight is 220 g/mol. The quantitative estimate of drug-likeness (QED) is 0.668. The van der Waals surface area contributed by atoms with Gasteiger partial charge in [0, 0.05) is 5.38 Å². The summed E-state index contributed by atoms with van der Waals surface area (Å²) in [5.41, 5.74) is 2.93. The predicted octanol–water partition coefficient (Wildman–Crippen LogP) is 3.37. The fourth-order valence-corrected chi connectivity index (χ4v) is 1.93. The predicted molar refractivity (Wildman–Crippen MR) is 60.4 cm³/mol. The minimum Gasteiger partial charge on any atom is -0.344 e. The van der Waals surface area contributed by atoms with Crippen LogP contribution in [0.25, 0.3) is 0 Å². The van der Waals surface area contributed by atoms with Gasteiger partial charge in [-0.25, -0.2) is 0 Å². The molecule has 74 valence electrons. The van der Waals surface area contributed by atoms with Crippen molar-refractivity contribution in [3.63, 3.8) is 0 Å². The lowest BCUT2D eigenvalue weighted by atomic mass is 9.92. The van der Waals surface area contributed by atoms with E-state index >= 15 is 0 Å². The Morgan fingerprint density at radius 2 is 1.77 bits per heavy atom. The summed E-state index contributed by atoms with van der Waals surface area (Å²) < 4.78 is 0. The van der Waals surface area contributed by atoms with Crippen LogP contribution in [0.4, 0.5) is 0 Å². The molecule has 0 radical (unpaired) electrons. The topological polar surface area (TPSA) is 35.0 Å². The Kier molecular flexibility index (Phi) is 5.38. The fourth-order valence-electron chi connectivity index (χ4n) is 1.65. The van der Waals surface area contributed by atoms with Crippen LogP contribution in [0.1, 0.15) is 17.5 Å². The second-order valence-corrected chi connectivity index (χ2v) is 3.73. The van der Waals surface area contributed by atoms with E-state index in [1.165, 1.54) is 11.1 Å². The van der Waals surface area contributed by atoms with E-state index in [0.29, 0.717) is 5.38 Å². The van der Waals surface area contributed by atoms with Crippen molar-refractivity contribution in [2.24, 2.45) is 0 Å². The molecule has 1 aliphatic rings. The molecule has 3 N–H and O–H groups in total. The molecule has 0 spiro atoms. The van der Waals surface area contributed by atoms with Crippen LogP contribution >= 0.6 is 24.0 Å². The van der Waals surface area contributed by atoms with Gasteiger partial charge in [0.15, 0.2) is 0 Å². The van der Waals surface area contributed by atoms with Crippen molar-refractivity contribution in [3.8, 4) is 0 Å². The summed E-state index contributed by atoms with van der Waals surface area (Å²) >= 11 is 6.04. The molecule has 1 unspecified atom stereocenters. The molecule has 0 heterocycles. The third-order valence-electron chi connectivity index (χ3n) is 2.29. The van der Waals surface area contributed by atoms with Crippen molar-refractivity contribution in [1.82, 2.24) is 6.15 Å².